The molecule has 3 aromatic rings. The Balaban J connectivity index is 1.78. The second-order valence-electron chi connectivity index (χ2n) is 7.17. The molecule has 0 unspecified atom stereocenters. The average Bonchev–Trinajstić information content (AvgIpc) is 3.05. The van der Waals surface area contributed by atoms with Gasteiger partial charge in [0.05, 0.1) is 11.1 Å². The van der Waals surface area contributed by atoms with Gasteiger partial charge in [-0.2, -0.15) is 5.01 Å². The van der Waals surface area contributed by atoms with Crippen LogP contribution in [0.25, 0.3) is 0 Å². The number of ketones is 1. The van der Waals surface area contributed by atoms with Crippen LogP contribution >= 0.6 is 23.2 Å². The van der Waals surface area contributed by atoms with E-state index in [1.54, 1.807) is 24.3 Å². The van der Waals surface area contributed by atoms with Crippen LogP contribution in [0, 0.1) is 0 Å². The highest BCUT2D eigenvalue weighted by atomic mass is 35.5. The third-order valence-electron chi connectivity index (χ3n) is 5.16. The van der Waals surface area contributed by atoms with Gasteiger partial charge in [0.1, 0.15) is 6.04 Å². The average molecular weight is 467 g/mol. The molecule has 0 N–H and O–H groups in total. The van der Waals surface area contributed by atoms with Crippen LogP contribution in [-0.2, 0) is 0 Å². The number of hydrazine groups is 1. The van der Waals surface area contributed by atoms with Crippen LogP contribution in [0.3, 0.4) is 0 Å². The van der Waals surface area contributed by atoms with Crippen molar-refractivity contribution in [2.24, 2.45) is 0 Å². The van der Waals surface area contributed by atoms with Gasteiger partial charge in [0.15, 0.2) is 5.78 Å². The lowest BCUT2D eigenvalue weighted by Gasteiger charge is -2.34. The summed E-state index contributed by atoms with van der Waals surface area (Å²) in [5, 5.41) is 2.51. The predicted molar refractivity (Wildman–Crippen MR) is 120 cm³/mol. The molecule has 160 valence electrons. The van der Waals surface area contributed by atoms with Crippen molar-refractivity contribution in [2.45, 2.75) is 13.0 Å². The number of imide groups is 1. The first-order valence-corrected chi connectivity index (χ1v) is 10.4. The van der Waals surface area contributed by atoms with E-state index in [1.165, 1.54) is 55.5 Å². The fourth-order valence-electron chi connectivity index (χ4n) is 3.50. The highest BCUT2D eigenvalue weighted by molar-refractivity contribution is 6.31. The molecule has 8 heteroatoms. The van der Waals surface area contributed by atoms with Gasteiger partial charge in [-0.1, -0.05) is 35.3 Å². The van der Waals surface area contributed by atoms with E-state index in [1.807, 2.05) is 0 Å². The Bertz CT molecular complexity index is 1200. The second-order valence-corrected chi connectivity index (χ2v) is 8.04. The molecule has 1 aliphatic heterocycles. The van der Waals surface area contributed by atoms with E-state index >= 15 is 0 Å². The summed E-state index contributed by atoms with van der Waals surface area (Å²) < 4.78 is 0. The molecule has 32 heavy (non-hydrogen) atoms. The fourth-order valence-corrected chi connectivity index (χ4v) is 3.76. The van der Waals surface area contributed by atoms with Crippen molar-refractivity contribution >= 4 is 46.7 Å². The van der Waals surface area contributed by atoms with Crippen molar-refractivity contribution in [3.05, 3.63) is 105 Å². The number of hydrogen-bond donors (Lipinski definition) is 0. The van der Waals surface area contributed by atoms with Crippen LogP contribution in [0.4, 0.5) is 0 Å². The van der Waals surface area contributed by atoms with Crippen molar-refractivity contribution in [3.63, 3.8) is 0 Å². The van der Waals surface area contributed by atoms with Gasteiger partial charge in [-0.05, 0) is 67.6 Å². The van der Waals surface area contributed by atoms with Crippen LogP contribution in [0.5, 0.6) is 0 Å². The smallest absolute Gasteiger partial charge is 0.280 e. The number of nitrogens with zero attached hydrogens (tertiary/aromatic N) is 2. The van der Waals surface area contributed by atoms with Crippen LogP contribution < -0.4 is 0 Å². The number of fused-ring (bicyclic) bond motifs is 1. The topological polar surface area (TPSA) is 74.8 Å². The van der Waals surface area contributed by atoms with E-state index in [2.05, 4.69) is 0 Å². The molecule has 1 aliphatic rings. The largest absolute Gasteiger partial charge is 0.292 e. The number of Topliss-reactive ketones (excluding diaryl/α,β-unsaturated/α-hetero) is 1. The van der Waals surface area contributed by atoms with Crippen LogP contribution in [0.15, 0.2) is 72.8 Å². The maximum absolute atomic E-state index is 13.5. The van der Waals surface area contributed by atoms with Crippen molar-refractivity contribution in [1.82, 2.24) is 10.0 Å². The summed E-state index contributed by atoms with van der Waals surface area (Å²) in [6, 6.07) is 17.2. The molecule has 4 rings (SSSR count). The predicted octanol–water partition coefficient (Wildman–Crippen LogP) is 4.92. The van der Waals surface area contributed by atoms with Crippen molar-refractivity contribution < 1.29 is 19.2 Å². The van der Waals surface area contributed by atoms with Gasteiger partial charge in [-0.3, -0.25) is 19.2 Å². The zero-order valence-corrected chi connectivity index (χ0v) is 18.3. The Morgan fingerprint density at radius 3 is 1.66 bits per heavy atom. The highest BCUT2D eigenvalue weighted by Crippen LogP contribution is 2.28. The fraction of sp³-hybridized carbons (Fsp3) is 0.0833. The molecule has 0 spiro atoms. The summed E-state index contributed by atoms with van der Waals surface area (Å²) >= 11 is 11.8. The molecule has 0 aromatic heterocycles. The number of rotatable bonds is 5. The summed E-state index contributed by atoms with van der Waals surface area (Å²) in [6.45, 7) is 1.47. The molecule has 0 aliphatic carbocycles. The Morgan fingerprint density at radius 2 is 1.19 bits per heavy atom. The van der Waals surface area contributed by atoms with Gasteiger partial charge < -0.3 is 0 Å². The number of hydrogen-bond acceptors (Lipinski definition) is 4. The Kier molecular flexibility index (Phi) is 5.82. The van der Waals surface area contributed by atoms with Crippen molar-refractivity contribution in [2.75, 3.05) is 0 Å². The Labute approximate surface area is 193 Å². The van der Waals surface area contributed by atoms with Gasteiger partial charge in [-0.15, -0.1) is 0 Å². The Morgan fingerprint density at radius 1 is 0.750 bits per heavy atom. The molecule has 1 heterocycles. The Hall–Kier alpha value is -3.48. The number of benzene rings is 3. The summed E-state index contributed by atoms with van der Waals surface area (Å²) in [7, 11) is 0. The molecule has 3 amide bonds. The normalized spacial score (nSPS) is 13.7. The quantitative estimate of drug-likeness (QED) is 0.395. The summed E-state index contributed by atoms with van der Waals surface area (Å²) in [5.41, 5.74) is 0.782. The lowest BCUT2D eigenvalue weighted by molar-refractivity contribution is -0.00680. The van der Waals surface area contributed by atoms with E-state index in [4.69, 9.17) is 23.2 Å². The first-order chi connectivity index (χ1) is 15.3. The molecule has 0 fully saturated rings. The van der Waals surface area contributed by atoms with Gasteiger partial charge >= 0.3 is 0 Å². The monoisotopic (exact) mass is 466 g/mol. The molecule has 0 radical (unpaired) electrons. The van der Waals surface area contributed by atoms with E-state index in [9.17, 15) is 19.2 Å². The van der Waals surface area contributed by atoms with Gasteiger partial charge in [0.25, 0.3) is 17.7 Å². The van der Waals surface area contributed by atoms with E-state index in [-0.39, 0.29) is 22.3 Å². The summed E-state index contributed by atoms with van der Waals surface area (Å²) in [5.74, 6) is -2.50. The molecule has 0 saturated carbocycles. The summed E-state index contributed by atoms with van der Waals surface area (Å²) in [6.07, 6.45) is 0. The number of carbonyl (C=O) groups excluding carboxylic acids is 4. The minimum absolute atomic E-state index is 0.164. The maximum Gasteiger partial charge on any atom is 0.280 e. The second kappa shape index (κ2) is 8.57. The highest BCUT2D eigenvalue weighted by Gasteiger charge is 2.44. The van der Waals surface area contributed by atoms with E-state index in [0.717, 1.165) is 10.0 Å². The summed E-state index contributed by atoms with van der Waals surface area (Å²) in [4.78, 5) is 52.9. The number of carbonyl (C=O) groups is 4. The molecule has 6 nitrogen and oxygen atoms in total. The lowest BCUT2D eigenvalue weighted by Crippen LogP contribution is -2.56. The first-order valence-electron chi connectivity index (χ1n) is 9.66. The zero-order valence-electron chi connectivity index (χ0n) is 16.8. The minimum Gasteiger partial charge on any atom is -0.292 e. The molecule has 0 saturated heterocycles. The van der Waals surface area contributed by atoms with Crippen LogP contribution in [0.2, 0.25) is 10.0 Å². The first kappa shape index (κ1) is 21.7. The van der Waals surface area contributed by atoms with E-state index < -0.39 is 29.5 Å². The zero-order chi connectivity index (χ0) is 23.0. The molecular formula is C24H16Cl2N2O4. The van der Waals surface area contributed by atoms with Gasteiger partial charge in [-0.25, -0.2) is 5.01 Å². The lowest BCUT2D eigenvalue weighted by atomic mass is 10.0. The molecular weight excluding hydrogens is 451 g/mol. The minimum atomic E-state index is -1.17. The number of halogens is 2. The third-order valence-corrected chi connectivity index (χ3v) is 5.67. The molecule has 3 aromatic carbocycles. The number of amides is 3. The third kappa shape index (κ3) is 3.79. The standard InChI is InChI=1S/C24H16Cl2N2O4/c1-14(21(29)15-6-10-17(25)11-7-15)27(22(30)16-8-12-18(26)13-9-16)28-23(31)19-4-2-3-5-20(19)24(28)32/h2-14H,1H3/t14-/m1/s1. The van der Waals surface area contributed by atoms with Crippen molar-refractivity contribution in [1.29, 1.82) is 0 Å². The van der Waals surface area contributed by atoms with Crippen LogP contribution in [0.1, 0.15) is 48.4 Å². The van der Waals surface area contributed by atoms with Crippen LogP contribution in [-0.4, -0.2) is 39.6 Å². The molecule has 0 bridgehead atoms. The molecule has 1 atom stereocenters. The van der Waals surface area contributed by atoms with E-state index in [0.29, 0.717) is 10.0 Å². The van der Waals surface area contributed by atoms with Crippen molar-refractivity contribution in [3.8, 4) is 0 Å². The van der Waals surface area contributed by atoms with Gasteiger partial charge in [0.2, 0.25) is 0 Å². The SMILES string of the molecule is C[C@H](C(=O)c1ccc(Cl)cc1)N(C(=O)c1ccc(Cl)cc1)N1C(=O)c2ccccc2C1=O. The van der Waals surface area contributed by atoms with Gasteiger partial charge in [0, 0.05) is 21.2 Å². The maximum atomic E-state index is 13.5.